The Kier molecular flexibility index (Phi) is 6.70. The first-order valence-corrected chi connectivity index (χ1v) is 10.1. The predicted molar refractivity (Wildman–Crippen MR) is 116 cm³/mol. The van der Waals surface area contributed by atoms with Gasteiger partial charge in [-0.15, -0.1) is 0 Å². The number of rotatable bonds is 8. The normalized spacial score (nSPS) is 10.9. The summed E-state index contributed by atoms with van der Waals surface area (Å²) in [5.41, 5.74) is 4.26. The molecule has 3 rings (SSSR count). The molecule has 0 saturated carbocycles. The summed E-state index contributed by atoms with van der Waals surface area (Å²) in [6, 6.07) is 15.2. The molecule has 5 nitrogen and oxygen atoms in total. The van der Waals surface area contributed by atoms with Crippen LogP contribution in [0, 0.1) is 6.92 Å². The molecule has 1 N–H and O–H groups in total. The van der Waals surface area contributed by atoms with E-state index in [2.05, 4.69) is 38.2 Å². The van der Waals surface area contributed by atoms with Crippen molar-refractivity contribution >= 4 is 11.6 Å². The third-order valence-corrected chi connectivity index (χ3v) is 4.80. The van der Waals surface area contributed by atoms with Crippen LogP contribution in [0.25, 0.3) is 11.3 Å². The van der Waals surface area contributed by atoms with Crippen molar-refractivity contribution in [1.82, 2.24) is 5.16 Å². The second-order valence-corrected chi connectivity index (χ2v) is 7.48. The van der Waals surface area contributed by atoms with Crippen LogP contribution in [-0.4, -0.2) is 17.7 Å². The van der Waals surface area contributed by atoms with Crippen molar-refractivity contribution < 1.29 is 14.1 Å². The van der Waals surface area contributed by atoms with Crippen molar-refractivity contribution in [2.45, 2.75) is 46.5 Å². The SMILES string of the molecule is CCCCOc1ccc(-c2cc(C(=O)Nc3ccc(C(C)C)c(C)c3)no2)cc1. The Balaban J connectivity index is 1.66. The maximum absolute atomic E-state index is 12.5. The van der Waals surface area contributed by atoms with Crippen LogP contribution in [0.15, 0.2) is 53.1 Å². The first kappa shape index (κ1) is 20.6. The van der Waals surface area contributed by atoms with Gasteiger partial charge in [-0.2, -0.15) is 0 Å². The topological polar surface area (TPSA) is 64.4 Å². The van der Waals surface area contributed by atoms with Crippen LogP contribution >= 0.6 is 0 Å². The van der Waals surface area contributed by atoms with Crippen molar-refractivity contribution in [3.63, 3.8) is 0 Å². The number of carbonyl (C=O) groups is 1. The number of aromatic nitrogens is 1. The lowest BCUT2D eigenvalue weighted by Crippen LogP contribution is -2.12. The van der Waals surface area contributed by atoms with Crippen LogP contribution in [0.5, 0.6) is 5.75 Å². The molecule has 0 bridgehead atoms. The summed E-state index contributed by atoms with van der Waals surface area (Å²) < 4.78 is 11.0. The lowest BCUT2D eigenvalue weighted by Gasteiger charge is -2.11. The van der Waals surface area contributed by atoms with E-state index in [1.54, 1.807) is 6.07 Å². The zero-order valence-corrected chi connectivity index (χ0v) is 17.5. The van der Waals surface area contributed by atoms with Crippen molar-refractivity contribution in [2.24, 2.45) is 0 Å². The molecule has 0 aliphatic carbocycles. The maximum Gasteiger partial charge on any atom is 0.277 e. The van der Waals surface area contributed by atoms with E-state index >= 15 is 0 Å². The molecule has 152 valence electrons. The van der Waals surface area contributed by atoms with Gasteiger partial charge >= 0.3 is 0 Å². The minimum absolute atomic E-state index is 0.244. The summed E-state index contributed by atoms with van der Waals surface area (Å²) in [6.07, 6.45) is 2.13. The van der Waals surface area contributed by atoms with E-state index in [4.69, 9.17) is 9.26 Å². The van der Waals surface area contributed by atoms with Gasteiger partial charge in [0.1, 0.15) is 5.75 Å². The van der Waals surface area contributed by atoms with E-state index in [-0.39, 0.29) is 11.6 Å². The minimum atomic E-state index is -0.295. The number of ether oxygens (including phenoxy) is 1. The molecule has 1 aromatic heterocycles. The zero-order valence-electron chi connectivity index (χ0n) is 17.5. The van der Waals surface area contributed by atoms with Gasteiger partial charge in [-0.1, -0.05) is 38.4 Å². The number of benzene rings is 2. The average molecular weight is 392 g/mol. The van der Waals surface area contributed by atoms with Gasteiger partial charge < -0.3 is 14.6 Å². The van der Waals surface area contributed by atoms with Crippen molar-refractivity contribution in [3.8, 4) is 17.1 Å². The van der Waals surface area contributed by atoms with Crippen LogP contribution in [0.2, 0.25) is 0 Å². The highest BCUT2D eigenvalue weighted by molar-refractivity contribution is 6.03. The number of nitrogens with zero attached hydrogens (tertiary/aromatic N) is 1. The van der Waals surface area contributed by atoms with Gasteiger partial charge in [0.2, 0.25) is 0 Å². The smallest absolute Gasteiger partial charge is 0.277 e. The number of amides is 1. The number of anilines is 1. The quantitative estimate of drug-likeness (QED) is 0.463. The molecule has 29 heavy (non-hydrogen) atoms. The molecular weight excluding hydrogens is 364 g/mol. The van der Waals surface area contributed by atoms with E-state index in [1.165, 1.54) is 5.56 Å². The zero-order chi connectivity index (χ0) is 20.8. The molecule has 5 heteroatoms. The standard InChI is InChI=1S/C24H28N2O3/c1-5-6-13-28-20-10-7-18(8-11-20)23-15-22(26-29-23)24(27)25-19-9-12-21(16(2)3)17(4)14-19/h7-12,14-16H,5-6,13H2,1-4H3,(H,25,27). The minimum Gasteiger partial charge on any atom is -0.494 e. The number of unbranched alkanes of at least 4 members (excludes halogenated alkanes) is 1. The number of hydrogen-bond donors (Lipinski definition) is 1. The van der Waals surface area contributed by atoms with Crippen molar-refractivity contribution in [1.29, 1.82) is 0 Å². The highest BCUT2D eigenvalue weighted by Gasteiger charge is 2.15. The molecule has 0 aliphatic heterocycles. The summed E-state index contributed by atoms with van der Waals surface area (Å²) in [6.45, 7) is 9.20. The number of nitrogens with one attached hydrogen (secondary N) is 1. The average Bonchev–Trinajstić information content (AvgIpc) is 3.19. The highest BCUT2D eigenvalue weighted by Crippen LogP contribution is 2.25. The fourth-order valence-corrected chi connectivity index (χ4v) is 3.16. The summed E-state index contributed by atoms with van der Waals surface area (Å²) in [4.78, 5) is 12.5. The van der Waals surface area contributed by atoms with Gasteiger partial charge in [0, 0.05) is 17.3 Å². The molecule has 0 spiro atoms. The third-order valence-electron chi connectivity index (χ3n) is 4.80. The Morgan fingerprint density at radius 3 is 2.55 bits per heavy atom. The van der Waals surface area contributed by atoms with Crippen LogP contribution in [0.1, 0.15) is 61.1 Å². The molecule has 0 unspecified atom stereocenters. The maximum atomic E-state index is 12.5. The summed E-state index contributed by atoms with van der Waals surface area (Å²) in [5.74, 6) is 1.51. The van der Waals surface area contributed by atoms with Crippen molar-refractivity contribution in [2.75, 3.05) is 11.9 Å². The van der Waals surface area contributed by atoms with E-state index in [1.807, 2.05) is 42.5 Å². The molecule has 0 aliphatic rings. The van der Waals surface area contributed by atoms with Crippen LogP contribution < -0.4 is 10.1 Å². The molecule has 2 aromatic carbocycles. The van der Waals surface area contributed by atoms with Gasteiger partial charge in [0.25, 0.3) is 5.91 Å². The molecule has 0 radical (unpaired) electrons. The molecule has 1 amide bonds. The first-order valence-electron chi connectivity index (χ1n) is 10.1. The molecular formula is C24H28N2O3. The Morgan fingerprint density at radius 2 is 1.90 bits per heavy atom. The molecule has 1 heterocycles. The fourth-order valence-electron chi connectivity index (χ4n) is 3.16. The van der Waals surface area contributed by atoms with Crippen LogP contribution in [-0.2, 0) is 0 Å². The number of carbonyl (C=O) groups excluding carboxylic acids is 1. The fraction of sp³-hybridized carbons (Fsp3) is 0.333. The van der Waals surface area contributed by atoms with Gasteiger partial charge in [-0.25, -0.2) is 0 Å². The van der Waals surface area contributed by atoms with Gasteiger partial charge in [0.15, 0.2) is 11.5 Å². The Bertz CT molecular complexity index is 959. The number of aryl methyl sites for hydroxylation is 1. The summed E-state index contributed by atoms with van der Waals surface area (Å²) in [7, 11) is 0. The Labute approximate surface area is 172 Å². The molecule has 0 saturated heterocycles. The molecule has 0 fully saturated rings. The highest BCUT2D eigenvalue weighted by atomic mass is 16.5. The predicted octanol–water partition coefficient (Wildman–Crippen LogP) is 6.20. The van der Waals surface area contributed by atoms with Crippen LogP contribution in [0.4, 0.5) is 5.69 Å². The van der Waals surface area contributed by atoms with Gasteiger partial charge in [0.05, 0.1) is 6.61 Å². The molecule has 3 aromatic rings. The lowest BCUT2D eigenvalue weighted by molar-refractivity contribution is 0.101. The first-order chi connectivity index (χ1) is 14.0. The van der Waals surface area contributed by atoms with Crippen LogP contribution in [0.3, 0.4) is 0 Å². The van der Waals surface area contributed by atoms with Crippen molar-refractivity contribution in [3.05, 3.63) is 65.4 Å². The largest absolute Gasteiger partial charge is 0.494 e. The summed E-state index contributed by atoms with van der Waals surface area (Å²) in [5, 5.41) is 6.81. The Hall–Kier alpha value is -3.08. The second kappa shape index (κ2) is 9.41. The van der Waals surface area contributed by atoms with Gasteiger partial charge in [-0.3, -0.25) is 4.79 Å². The van der Waals surface area contributed by atoms with E-state index < -0.39 is 0 Å². The third kappa shape index (κ3) is 5.25. The monoisotopic (exact) mass is 392 g/mol. The van der Waals surface area contributed by atoms with E-state index in [9.17, 15) is 4.79 Å². The Morgan fingerprint density at radius 1 is 1.14 bits per heavy atom. The van der Waals surface area contributed by atoms with Gasteiger partial charge in [-0.05, 0) is 66.8 Å². The molecule has 0 atom stereocenters. The van der Waals surface area contributed by atoms with E-state index in [0.717, 1.165) is 35.4 Å². The van der Waals surface area contributed by atoms with E-state index in [0.29, 0.717) is 18.3 Å². The summed E-state index contributed by atoms with van der Waals surface area (Å²) >= 11 is 0. The second-order valence-electron chi connectivity index (χ2n) is 7.48. The lowest BCUT2D eigenvalue weighted by atomic mass is 9.98. The number of hydrogen-bond acceptors (Lipinski definition) is 4.